The van der Waals surface area contributed by atoms with Crippen LogP contribution in [0.15, 0.2) is 66.8 Å². The molecular formula is C29H33N3O4S2. The Morgan fingerprint density at radius 3 is 2.55 bits per heavy atom. The molecule has 9 heteroatoms. The number of hydrogen-bond acceptors (Lipinski definition) is 8. The van der Waals surface area contributed by atoms with Crippen LogP contribution in [0.1, 0.15) is 57.9 Å². The van der Waals surface area contributed by atoms with Crippen molar-refractivity contribution in [2.75, 3.05) is 24.2 Å². The Morgan fingerprint density at radius 2 is 1.89 bits per heavy atom. The van der Waals surface area contributed by atoms with Crippen LogP contribution in [-0.4, -0.2) is 36.0 Å². The molecule has 4 heterocycles. The Morgan fingerprint density at radius 1 is 1.18 bits per heavy atom. The minimum atomic E-state index is -0.627. The fourth-order valence-electron chi connectivity index (χ4n) is 4.91. The number of nitrogens with zero attached hydrogens (tertiary/aromatic N) is 3. The molecule has 1 saturated heterocycles. The summed E-state index contributed by atoms with van der Waals surface area (Å²) >= 11 is 2.94. The zero-order chi connectivity index (χ0) is 27.0. The first kappa shape index (κ1) is 26.6. The standard InChI is InChI=1S/C29H33N3O4S2/c1-17(2)35-28(34)25-19(4)30-29-32(26(25)20-6-9-22(37-5)10-7-20)27(33)23(38-29)16-21-8-11-24(36-21)31-14-12-18(3)13-15-31/h6-11,16-18,26H,12-15H2,1-5H3/b23-16-/t26-/m0/s1. The second-order valence-corrected chi connectivity index (χ2v) is 12.0. The van der Waals surface area contributed by atoms with E-state index in [4.69, 9.17) is 9.15 Å². The maximum absolute atomic E-state index is 13.8. The summed E-state index contributed by atoms with van der Waals surface area (Å²) in [6.45, 7) is 9.65. The number of esters is 1. The summed E-state index contributed by atoms with van der Waals surface area (Å²) in [6.07, 6.45) is 5.79. The number of allylic oxidation sites excluding steroid dienone is 1. The van der Waals surface area contributed by atoms with Crippen LogP contribution in [0.2, 0.25) is 0 Å². The monoisotopic (exact) mass is 551 g/mol. The fourth-order valence-corrected chi connectivity index (χ4v) is 6.34. The van der Waals surface area contributed by atoms with E-state index in [2.05, 4.69) is 16.8 Å². The van der Waals surface area contributed by atoms with Crippen molar-refractivity contribution in [3.05, 3.63) is 78.7 Å². The van der Waals surface area contributed by atoms with E-state index in [0.717, 1.165) is 48.2 Å². The topological polar surface area (TPSA) is 77.0 Å². The highest BCUT2D eigenvalue weighted by Crippen LogP contribution is 2.32. The van der Waals surface area contributed by atoms with Crippen molar-refractivity contribution in [3.63, 3.8) is 0 Å². The summed E-state index contributed by atoms with van der Waals surface area (Å²) in [5.74, 6) is 1.73. The first-order valence-electron chi connectivity index (χ1n) is 13.0. The lowest BCUT2D eigenvalue weighted by Crippen LogP contribution is -2.40. The molecule has 1 fully saturated rings. The molecule has 5 rings (SSSR count). The van der Waals surface area contributed by atoms with Gasteiger partial charge < -0.3 is 14.1 Å². The second-order valence-electron chi connectivity index (χ2n) is 10.2. The summed E-state index contributed by atoms with van der Waals surface area (Å²) < 4.78 is 13.8. The molecule has 0 aliphatic carbocycles. The molecule has 0 radical (unpaired) electrons. The number of thioether (sulfide) groups is 1. The molecule has 0 bridgehead atoms. The van der Waals surface area contributed by atoms with Crippen LogP contribution in [0.5, 0.6) is 0 Å². The molecule has 0 saturated carbocycles. The molecule has 38 heavy (non-hydrogen) atoms. The Hall–Kier alpha value is -3.04. The van der Waals surface area contributed by atoms with E-state index < -0.39 is 12.0 Å². The number of fused-ring (bicyclic) bond motifs is 1. The normalized spacial score (nSPS) is 18.6. The molecule has 0 amide bonds. The van der Waals surface area contributed by atoms with Gasteiger partial charge in [-0.3, -0.25) is 9.36 Å². The minimum Gasteiger partial charge on any atom is -0.459 e. The van der Waals surface area contributed by atoms with Crippen molar-refractivity contribution in [1.82, 2.24) is 4.57 Å². The lowest BCUT2D eigenvalue weighted by atomic mass is 9.96. The third-order valence-corrected chi connectivity index (χ3v) is 8.72. The SMILES string of the molecule is CSc1ccc([C@H]2C(C(=O)OC(C)C)=C(C)N=c3s/c(=C\c4ccc(N5CCC(C)CC5)o4)c(=O)n32)cc1. The number of piperidine rings is 1. The molecular weight excluding hydrogens is 518 g/mol. The molecule has 0 spiro atoms. The van der Waals surface area contributed by atoms with Gasteiger partial charge in [-0.2, -0.15) is 0 Å². The number of ether oxygens (including phenoxy) is 1. The summed E-state index contributed by atoms with van der Waals surface area (Å²) in [5, 5.41) is 0. The molecule has 0 unspecified atom stereocenters. The van der Waals surface area contributed by atoms with E-state index in [1.165, 1.54) is 11.3 Å². The van der Waals surface area contributed by atoms with Gasteiger partial charge in [-0.25, -0.2) is 9.79 Å². The second kappa shape index (κ2) is 11.0. The van der Waals surface area contributed by atoms with E-state index in [1.54, 1.807) is 29.3 Å². The van der Waals surface area contributed by atoms with Crippen molar-refractivity contribution in [2.45, 2.75) is 57.6 Å². The Balaban J connectivity index is 1.57. The highest BCUT2D eigenvalue weighted by atomic mass is 32.2. The zero-order valence-corrected chi connectivity index (χ0v) is 24.0. The number of furan rings is 1. The van der Waals surface area contributed by atoms with E-state index in [0.29, 0.717) is 26.4 Å². The molecule has 2 aromatic heterocycles. The molecule has 7 nitrogen and oxygen atoms in total. The van der Waals surface area contributed by atoms with E-state index in [-0.39, 0.29) is 11.7 Å². The van der Waals surface area contributed by atoms with Crippen molar-refractivity contribution in [3.8, 4) is 0 Å². The fraction of sp³-hybridized carbons (Fsp3) is 0.414. The van der Waals surface area contributed by atoms with Crippen LogP contribution in [0.3, 0.4) is 0 Å². The molecule has 2 aliphatic rings. The van der Waals surface area contributed by atoms with Crippen LogP contribution >= 0.6 is 23.1 Å². The van der Waals surface area contributed by atoms with Gasteiger partial charge in [-0.05, 0) is 69.5 Å². The average Bonchev–Trinajstić information content (AvgIpc) is 3.47. The predicted molar refractivity (Wildman–Crippen MR) is 153 cm³/mol. The van der Waals surface area contributed by atoms with Gasteiger partial charge in [0.2, 0.25) is 0 Å². The van der Waals surface area contributed by atoms with Gasteiger partial charge in [0.15, 0.2) is 10.7 Å². The number of aromatic nitrogens is 1. The predicted octanol–water partition coefficient (Wildman–Crippen LogP) is 4.74. The number of thiazole rings is 1. The molecule has 1 atom stereocenters. The smallest absolute Gasteiger partial charge is 0.338 e. The third kappa shape index (κ3) is 5.27. The number of hydrogen-bond donors (Lipinski definition) is 0. The van der Waals surface area contributed by atoms with Crippen molar-refractivity contribution < 1.29 is 13.9 Å². The molecule has 200 valence electrons. The zero-order valence-electron chi connectivity index (χ0n) is 22.4. The Kier molecular flexibility index (Phi) is 7.68. The van der Waals surface area contributed by atoms with Crippen LogP contribution in [-0.2, 0) is 9.53 Å². The summed E-state index contributed by atoms with van der Waals surface area (Å²) in [7, 11) is 0. The number of rotatable bonds is 6. The van der Waals surface area contributed by atoms with Crippen LogP contribution < -0.4 is 19.8 Å². The molecule has 3 aromatic rings. The van der Waals surface area contributed by atoms with Crippen LogP contribution in [0, 0.1) is 5.92 Å². The van der Waals surface area contributed by atoms with Gasteiger partial charge in [0, 0.05) is 30.1 Å². The minimum absolute atomic E-state index is 0.209. The average molecular weight is 552 g/mol. The summed E-state index contributed by atoms with van der Waals surface area (Å²) in [6, 6.07) is 11.2. The first-order chi connectivity index (χ1) is 18.2. The lowest BCUT2D eigenvalue weighted by Gasteiger charge is -2.29. The van der Waals surface area contributed by atoms with Gasteiger partial charge >= 0.3 is 5.97 Å². The molecule has 2 aliphatic heterocycles. The third-order valence-electron chi connectivity index (χ3n) is 7.00. The summed E-state index contributed by atoms with van der Waals surface area (Å²) in [4.78, 5) is 35.6. The van der Waals surface area contributed by atoms with Crippen LogP contribution in [0.25, 0.3) is 6.08 Å². The Labute approximate surface area is 230 Å². The number of carbonyl (C=O) groups is 1. The van der Waals surface area contributed by atoms with Crippen LogP contribution in [0.4, 0.5) is 5.88 Å². The highest BCUT2D eigenvalue weighted by Gasteiger charge is 2.33. The maximum atomic E-state index is 13.8. The first-order valence-corrected chi connectivity index (χ1v) is 15.0. The number of anilines is 1. The quantitative estimate of drug-likeness (QED) is 0.325. The van der Waals surface area contributed by atoms with Gasteiger partial charge in [-0.15, -0.1) is 11.8 Å². The number of benzene rings is 1. The van der Waals surface area contributed by atoms with Crippen molar-refractivity contribution in [2.24, 2.45) is 10.9 Å². The van der Waals surface area contributed by atoms with Gasteiger partial charge in [0.25, 0.3) is 5.56 Å². The van der Waals surface area contributed by atoms with Gasteiger partial charge in [0.1, 0.15) is 5.76 Å². The summed E-state index contributed by atoms with van der Waals surface area (Å²) in [5.41, 5.74) is 1.57. The lowest BCUT2D eigenvalue weighted by molar-refractivity contribution is -0.143. The van der Waals surface area contributed by atoms with Crippen molar-refractivity contribution in [1.29, 1.82) is 0 Å². The molecule has 1 aromatic carbocycles. The van der Waals surface area contributed by atoms with E-state index in [9.17, 15) is 9.59 Å². The van der Waals surface area contributed by atoms with Crippen molar-refractivity contribution >= 4 is 41.0 Å². The number of carbonyl (C=O) groups excluding carboxylic acids is 1. The largest absolute Gasteiger partial charge is 0.459 e. The maximum Gasteiger partial charge on any atom is 0.338 e. The van der Waals surface area contributed by atoms with E-state index >= 15 is 0 Å². The molecule has 0 N–H and O–H groups in total. The van der Waals surface area contributed by atoms with Gasteiger partial charge in [-0.1, -0.05) is 30.4 Å². The highest BCUT2D eigenvalue weighted by molar-refractivity contribution is 7.98. The van der Waals surface area contributed by atoms with E-state index in [1.807, 2.05) is 56.5 Å². The Bertz CT molecular complexity index is 1540. The van der Waals surface area contributed by atoms with Gasteiger partial charge in [0.05, 0.1) is 27.9 Å².